The Hall–Kier alpha value is -1.82. The van der Waals surface area contributed by atoms with Gasteiger partial charge in [0.25, 0.3) is 0 Å². The molecule has 0 unspecified atom stereocenters. The summed E-state index contributed by atoms with van der Waals surface area (Å²) >= 11 is 3.38. The van der Waals surface area contributed by atoms with Gasteiger partial charge in [0.05, 0.1) is 6.54 Å². The van der Waals surface area contributed by atoms with Crippen molar-refractivity contribution >= 4 is 39.6 Å². The number of hydrogen-bond acceptors (Lipinski definition) is 3. The van der Waals surface area contributed by atoms with E-state index in [1.54, 1.807) is 6.08 Å². The number of nitrogens with one attached hydrogen (secondary N) is 1. The molecule has 1 aliphatic rings. The SMILES string of the molecule is O=C(O)/C=C/c1cc(Br)ccc1N1CCCNC(=O)C1. The van der Waals surface area contributed by atoms with Gasteiger partial charge in [-0.2, -0.15) is 0 Å². The maximum Gasteiger partial charge on any atom is 0.328 e. The van der Waals surface area contributed by atoms with Crippen LogP contribution in [-0.4, -0.2) is 36.6 Å². The second-order valence-electron chi connectivity index (χ2n) is 4.50. The molecule has 6 heteroatoms. The molecule has 0 aliphatic carbocycles. The van der Waals surface area contributed by atoms with Crippen LogP contribution in [0.2, 0.25) is 0 Å². The lowest BCUT2D eigenvalue weighted by Crippen LogP contribution is -2.33. The summed E-state index contributed by atoms with van der Waals surface area (Å²) in [6.45, 7) is 1.72. The van der Waals surface area contributed by atoms with E-state index in [2.05, 4.69) is 21.2 Å². The summed E-state index contributed by atoms with van der Waals surface area (Å²) in [6.07, 6.45) is 3.51. The fraction of sp³-hybridized carbons (Fsp3) is 0.286. The first-order valence-corrected chi connectivity index (χ1v) is 7.08. The van der Waals surface area contributed by atoms with Crippen LogP contribution in [0.25, 0.3) is 6.08 Å². The largest absolute Gasteiger partial charge is 0.478 e. The first-order chi connectivity index (χ1) is 9.56. The molecule has 5 nitrogen and oxygen atoms in total. The summed E-state index contributed by atoms with van der Waals surface area (Å²) in [5.41, 5.74) is 1.64. The molecule has 0 radical (unpaired) electrons. The standard InChI is InChI=1S/C14H15BrN2O3/c15-11-3-4-12(10(8-11)2-5-14(19)20)17-7-1-6-16-13(18)9-17/h2-5,8H,1,6-7,9H2,(H,16,18)(H,19,20)/b5-2+. The molecule has 2 rings (SSSR count). The summed E-state index contributed by atoms with van der Waals surface area (Å²) < 4.78 is 0.866. The van der Waals surface area contributed by atoms with E-state index in [9.17, 15) is 9.59 Å². The molecular weight excluding hydrogens is 324 g/mol. The first-order valence-electron chi connectivity index (χ1n) is 6.28. The number of aliphatic carboxylic acids is 1. The lowest BCUT2D eigenvalue weighted by Gasteiger charge is -2.23. The highest BCUT2D eigenvalue weighted by molar-refractivity contribution is 9.10. The van der Waals surface area contributed by atoms with Crippen molar-refractivity contribution in [3.05, 3.63) is 34.3 Å². The lowest BCUT2D eigenvalue weighted by molar-refractivity contribution is -0.131. The Labute approximate surface area is 125 Å². The van der Waals surface area contributed by atoms with E-state index in [0.717, 1.165) is 34.8 Å². The molecule has 20 heavy (non-hydrogen) atoms. The Morgan fingerprint density at radius 3 is 3.00 bits per heavy atom. The third-order valence-corrected chi connectivity index (χ3v) is 3.49. The Morgan fingerprint density at radius 1 is 1.45 bits per heavy atom. The number of carbonyl (C=O) groups is 2. The van der Waals surface area contributed by atoms with Gasteiger partial charge in [-0.15, -0.1) is 0 Å². The zero-order chi connectivity index (χ0) is 14.5. The highest BCUT2D eigenvalue weighted by Gasteiger charge is 2.17. The van der Waals surface area contributed by atoms with E-state index < -0.39 is 5.97 Å². The van der Waals surface area contributed by atoms with Crippen molar-refractivity contribution in [2.45, 2.75) is 6.42 Å². The van der Waals surface area contributed by atoms with E-state index in [1.165, 1.54) is 0 Å². The Bertz CT molecular complexity index is 557. The highest BCUT2D eigenvalue weighted by atomic mass is 79.9. The predicted octanol–water partition coefficient (Wildman–Crippen LogP) is 1.87. The van der Waals surface area contributed by atoms with Gasteiger partial charge in [-0.3, -0.25) is 4.79 Å². The lowest BCUT2D eigenvalue weighted by atomic mass is 10.1. The Morgan fingerprint density at radius 2 is 2.25 bits per heavy atom. The average molecular weight is 339 g/mol. The average Bonchev–Trinajstić information content (AvgIpc) is 2.61. The van der Waals surface area contributed by atoms with E-state index >= 15 is 0 Å². The van der Waals surface area contributed by atoms with Crippen LogP contribution in [0.3, 0.4) is 0 Å². The molecule has 0 saturated carbocycles. The number of carbonyl (C=O) groups excluding carboxylic acids is 1. The predicted molar refractivity (Wildman–Crippen MR) is 80.7 cm³/mol. The Kier molecular flexibility index (Phi) is 4.79. The van der Waals surface area contributed by atoms with Gasteiger partial charge in [0, 0.05) is 29.3 Å². The number of anilines is 1. The fourth-order valence-electron chi connectivity index (χ4n) is 2.12. The second kappa shape index (κ2) is 6.56. The van der Waals surface area contributed by atoms with Crippen LogP contribution in [0, 0.1) is 0 Å². The summed E-state index contributed by atoms with van der Waals surface area (Å²) in [7, 11) is 0. The molecular formula is C14H15BrN2O3. The van der Waals surface area contributed by atoms with Gasteiger partial charge in [-0.1, -0.05) is 15.9 Å². The molecule has 1 amide bonds. The maximum absolute atomic E-state index is 11.6. The number of carboxylic acid groups (broad SMARTS) is 1. The number of halogens is 1. The van der Waals surface area contributed by atoms with E-state index in [-0.39, 0.29) is 12.5 Å². The molecule has 1 heterocycles. The van der Waals surface area contributed by atoms with Crippen molar-refractivity contribution in [2.24, 2.45) is 0 Å². The van der Waals surface area contributed by atoms with Crippen LogP contribution in [0.1, 0.15) is 12.0 Å². The second-order valence-corrected chi connectivity index (χ2v) is 5.42. The fourth-order valence-corrected chi connectivity index (χ4v) is 2.50. The number of benzene rings is 1. The van der Waals surface area contributed by atoms with E-state index in [4.69, 9.17) is 5.11 Å². The third-order valence-electron chi connectivity index (χ3n) is 3.00. The number of hydrogen-bond donors (Lipinski definition) is 2. The first kappa shape index (κ1) is 14.6. The van der Waals surface area contributed by atoms with Crippen molar-refractivity contribution in [1.82, 2.24) is 5.32 Å². The highest BCUT2D eigenvalue weighted by Crippen LogP contribution is 2.26. The van der Waals surface area contributed by atoms with Gasteiger partial charge in [0.2, 0.25) is 5.91 Å². The maximum atomic E-state index is 11.6. The van der Waals surface area contributed by atoms with Crippen molar-refractivity contribution in [2.75, 3.05) is 24.5 Å². The van der Waals surface area contributed by atoms with Crippen molar-refractivity contribution < 1.29 is 14.7 Å². The number of nitrogens with zero attached hydrogens (tertiary/aromatic N) is 1. The molecule has 0 spiro atoms. The van der Waals surface area contributed by atoms with Crippen molar-refractivity contribution in [1.29, 1.82) is 0 Å². The summed E-state index contributed by atoms with van der Waals surface area (Å²) in [6, 6.07) is 5.62. The number of amides is 1. The minimum absolute atomic E-state index is 0.0152. The summed E-state index contributed by atoms with van der Waals surface area (Å²) in [4.78, 5) is 24.3. The molecule has 0 atom stereocenters. The van der Waals surface area contributed by atoms with Gasteiger partial charge >= 0.3 is 5.97 Å². The van der Waals surface area contributed by atoms with Gasteiger partial charge in [-0.25, -0.2) is 4.79 Å². The quantitative estimate of drug-likeness (QED) is 0.825. The smallest absolute Gasteiger partial charge is 0.328 e. The molecule has 1 fully saturated rings. The number of rotatable bonds is 3. The van der Waals surface area contributed by atoms with Crippen LogP contribution in [0.4, 0.5) is 5.69 Å². The van der Waals surface area contributed by atoms with E-state index in [0.29, 0.717) is 6.54 Å². The van der Waals surface area contributed by atoms with Gasteiger partial charge in [0.15, 0.2) is 0 Å². The van der Waals surface area contributed by atoms with Gasteiger partial charge < -0.3 is 15.3 Å². The van der Waals surface area contributed by atoms with Crippen molar-refractivity contribution in [3.63, 3.8) is 0 Å². The topological polar surface area (TPSA) is 69.6 Å². The molecule has 106 valence electrons. The van der Waals surface area contributed by atoms with Gasteiger partial charge in [-0.05, 0) is 36.3 Å². The van der Waals surface area contributed by atoms with Gasteiger partial charge in [0.1, 0.15) is 0 Å². The monoisotopic (exact) mass is 338 g/mol. The minimum Gasteiger partial charge on any atom is -0.478 e. The van der Waals surface area contributed by atoms with E-state index in [1.807, 2.05) is 23.1 Å². The number of carboxylic acids is 1. The summed E-state index contributed by atoms with van der Waals surface area (Å²) in [5, 5.41) is 11.6. The molecule has 1 aromatic rings. The minimum atomic E-state index is -0.996. The van der Waals surface area contributed by atoms with Crippen molar-refractivity contribution in [3.8, 4) is 0 Å². The van der Waals surface area contributed by atoms with Crippen LogP contribution in [0.5, 0.6) is 0 Å². The van der Waals surface area contributed by atoms with Crippen LogP contribution in [0.15, 0.2) is 28.7 Å². The molecule has 1 saturated heterocycles. The van der Waals surface area contributed by atoms with Crippen LogP contribution >= 0.6 is 15.9 Å². The van der Waals surface area contributed by atoms with Crippen LogP contribution < -0.4 is 10.2 Å². The zero-order valence-electron chi connectivity index (χ0n) is 10.8. The molecule has 0 aromatic heterocycles. The zero-order valence-corrected chi connectivity index (χ0v) is 12.4. The molecule has 1 aliphatic heterocycles. The normalized spacial score (nSPS) is 16.1. The Balaban J connectivity index is 2.34. The molecule has 2 N–H and O–H groups in total. The molecule has 0 bridgehead atoms. The third kappa shape index (κ3) is 3.84. The van der Waals surface area contributed by atoms with Crippen LogP contribution in [-0.2, 0) is 9.59 Å². The summed E-state index contributed by atoms with van der Waals surface area (Å²) in [5.74, 6) is -1.01. The molecule has 1 aromatic carbocycles.